The zero-order valence-electron chi connectivity index (χ0n) is 11.8. The average Bonchev–Trinajstić information content (AvgIpc) is 2.81. The standard InChI is InChI=1S/C18H25N/c19-18(15-9-4-2-1-3-5-10-15)17-13-12-14-8-6-7-11-16(14)17/h6-9,11,17-18H,1-5,10,12-13,19H2/b15-9+. The van der Waals surface area contributed by atoms with Crippen LogP contribution in [0.25, 0.3) is 0 Å². The van der Waals surface area contributed by atoms with Crippen molar-refractivity contribution in [2.45, 2.75) is 63.3 Å². The zero-order valence-corrected chi connectivity index (χ0v) is 11.8. The molecular weight excluding hydrogens is 230 g/mol. The highest BCUT2D eigenvalue weighted by Crippen LogP contribution is 2.37. The molecule has 0 aliphatic heterocycles. The molecule has 2 aliphatic carbocycles. The lowest BCUT2D eigenvalue weighted by Gasteiger charge is -2.25. The highest BCUT2D eigenvalue weighted by Gasteiger charge is 2.29. The largest absolute Gasteiger partial charge is 0.324 e. The molecule has 3 rings (SSSR count). The van der Waals surface area contributed by atoms with Gasteiger partial charge in [-0.05, 0) is 49.7 Å². The third kappa shape index (κ3) is 2.76. The van der Waals surface area contributed by atoms with Gasteiger partial charge < -0.3 is 5.73 Å². The van der Waals surface area contributed by atoms with Crippen LogP contribution >= 0.6 is 0 Å². The van der Waals surface area contributed by atoms with E-state index in [1.165, 1.54) is 68.1 Å². The number of benzene rings is 1. The van der Waals surface area contributed by atoms with Gasteiger partial charge in [0.15, 0.2) is 0 Å². The molecule has 0 amide bonds. The maximum atomic E-state index is 6.62. The summed E-state index contributed by atoms with van der Waals surface area (Å²) >= 11 is 0. The first-order valence-electron chi connectivity index (χ1n) is 7.88. The monoisotopic (exact) mass is 255 g/mol. The molecule has 1 aromatic carbocycles. The van der Waals surface area contributed by atoms with Gasteiger partial charge in [-0.25, -0.2) is 0 Å². The van der Waals surface area contributed by atoms with E-state index in [1.54, 1.807) is 0 Å². The summed E-state index contributed by atoms with van der Waals surface area (Å²) in [4.78, 5) is 0. The van der Waals surface area contributed by atoms with Gasteiger partial charge in [0.05, 0.1) is 0 Å². The molecule has 102 valence electrons. The normalized spacial score (nSPS) is 27.8. The molecule has 1 nitrogen and oxygen atoms in total. The Balaban J connectivity index is 1.78. The van der Waals surface area contributed by atoms with E-state index in [2.05, 4.69) is 30.3 Å². The first-order valence-corrected chi connectivity index (χ1v) is 7.88. The summed E-state index contributed by atoms with van der Waals surface area (Å²) in [6, 6.07) is 9.13. The molecule has 0 heterocycles. The lowest BCUT2D eigenvalue weighted by Crippen LogP contribution is -2.29. The fraction of sp³-hybridized carbons (Fsp3) is 0.556. The van der Waals surface area contributed by atoms with Crippen molar-refractivity contribution in [1.29, 1.82) is 0 Å². The summed E-state index contributed by atoms with van der Waals surface area (Å²) in [5.74, 6) is 0.557. The Kier molecular flexibility index (Phi) is 4.03. The summed E-state index contributed by atoms with van der Waals surface area (Å²) in [5.41, 5.74) is 11.2. The molecule has 0 fully saturated rings. The van der Waals surface area contributed by atoms with Gasteiger partial charge in [-0.2, -0.15) is 0 Å². The molecule has 1 heteroatoms. The van der Waals surface area contributed by atoms with Gasteiger partial charge in [-0.1, -0.05) is 48.8 Å². The fourth-order valence-electron chi connectivity index (χ4n) is 3.74. The van der Waals surface area contributed by atoms with E-state index < -0.39 is 0 Å². The topological polar surface area (TPSA) is 26.0 Å². The van der Waals surface area contributed by atoms with Crippen molar-refractivity contribution in [3.05, 3.63) is 47.0 Å². The lowest BCUT2D eigenvalue weighted by atomic mass is 9.85. The van der Waals surface area contributed by atoms with Crippen LogP contribution in [0.4, 0.5) is 0 Å². The van der Waals surface area contributed by atoms with Crippen LogP contribution < -0.4 is 5.73 Å². The summed E-state index contributed by atoms with van der Waals surface area (Å²) in [5, 5.41) is 0. The van der Waals surface area contributed by atoms with Crippen LogP contribution in [0, 0.1) is 0 Å². The van der Waals surface area contributed by atoms with E-state index in [4.69, 9.17) is 5.73 Å². The second-order valence-electron chi connectivity index (χ2n) is 6.10. The Labute approximate surface area is 116 Å². The van der Waals surface area contributed by atoms with Crippen molar-refractivity contribution in [3.63, 3.8) is 0 Å². The maximum Gasteiger partial charge on any atom is 0.0323 e. The Morgan fingerprint density at radius 1 is 1.00 bits per heavy atom. The van der Waals surface area contributed by atoms with Crippen LogP contribution in [0.5, 0.6) is 0 Å². The summed E-state index contributed by atoms with van der Waals surface area (Å²) < 4.78 is 0. The van der Waals surface area contributed by atoms with E-state index in [-0.39, 0.29) is 6.04 Å². The van der Waals surface area contributed by atoms with Crippen LogP contribution in [0.1, 0.15) is 62.0 Å². The number of aryl methyl sites for hydroxylation is 1. The fourth-order valence-corrected chi connectivity index (χ4v) is 3.74. The average molecular weight is 255 g/mol. The smallest absolute Gasteiger partial charge is 0.0323 e. The van der Waals surface area contributed by atoms with Gasteiger partial charge in [0, 0.05) is 12.0 Å². The first-order chi connectivity index (χ1) is 9.36. The Hall–Kier alpha value is -1.08. The molecule has 1 aromatic rings. The molecule has 2 unspecified atom stereocenters. The Morgan fingerprint density at radius 3 is 2.79 bits per heavy atom. The summed E-state index contributed by atoms with van der Waals surface area (Å²) in [7, 11) is 0. The quantitative estimate of drug-likeness (QED) is 0.782. The molecule has 19 heavy (non-hydrogen) atoms. The van der Waals surface area contributed by atoms with Crippen molar-refractivity contribution in [3.8, 4) is 0 Å². The predicted molar refractivity (Wildman–Crippen MR) is 81.3 cm³/mol. The summed E-state index contributed by atoms with van der Waals surface area (Å²) in [6.07, 6.45) is 12.8. The number of hydrogen-bond donors (Lipinski definition) is 1. The van der Waals surface area contributed by atoms with Crippen LogP contribution in [-0.2, 0) is 6.42 Å². The SMILES string of the molecule is NC(/C1=C/CCCCCC1)C1CCc2ccccc21. The highest BCUT2D eigenvalue weighted by molar-refractivity contribution is 5.38. The zero-order chi connectivity index (χ0) is 13.1. The van der Waals surface area contributed by atoms with Gasteiger partial charge in [0.1, 0.15) is 0 Å². The second kappa shape index (κ2) is 5.92. The molecule has 0 radical (unpaired) electrons. The Morgan fingerprint density at radius 2 is 1.84 bits per heavy atom. The van der Waals surface area contributed by atoms with Gasteiger partial charge in [-0.15, -0.1) is 0 Å². The van der Waals surface area contributed by atoms with Crippen LogP contribution in [-0.4, -0.2) is 6.04 Å². The van der Waals surface area contributed by atoms with Crippen molar-refractivity contribution < 1.29 is 0 Å². The molecule has 0 saturated carbocycles. The molecule has 2 atom stereocenters. The van der Waals surface area contributed by atoms with Crippen LogP contribution in [0.2, 0.25) is 0 Å². The molecule has 0 spiro atoms. The number of hydrogen-bond acceptors (Lipinski definition) is 1. The van der Waals surface area contributed by atoms with E-state index in [0.29, 0.717) is 5.92 Å². The number of rotatable bonds is 2. The van der Waals surface area contributed by atoms with Gasteiger partial charge >= 0.3 is 0 Å². The second-order valence-corrected chi connectivity index (χ2v) is 6.10. The van der Waals surface area contributed by atoms with E-state index in [0.717, 1.165) is 0 Å². The van der Waals surface area contributed by atoms with Gasteiger partial charge in [-0.3, -0.25) is 0 Å². The minimum Gasteiger partial charge on any atom is -0.324 e. The third-order valence-electron chi connectivity index (χ3n) is 4.87. The van der Waals surface area contributed by atoms with Gasteiger partial charge in [0.2, 0.25) is 0 Å². The molecule has 2 aliphatic rings. The van der Waals surface area contributed by atoms with E-state index in [1.807, 2.05) is 0 Å². The predicted octanol–water partition coefficient (Wildman–Crippen LogP) is 4.32. The highest BCUT2D eigenvalue weighted by atomic mass is 14.7. The van der Waals surface area contributed by atoms with Crippen LogP contribution in [0.3, 0.4) is 0 Å². The van der Waals surface area contributed by atoms with Gasteiger partial charge in [0.25, 0.3) is 0 Å². The molecule has 0 saturated heterocycles. The maximum absolute atomic E-state index is 6.62. The Bertz CT molecular complexity index is 461. The van der Waals surface area contributed by atoms with E-state index in [9.17, 15) is 0 Å². The number of fused-ring (bicyclic) bond motifs is 1. The molecule has 0 aromatic heterocycles. The third-order valence-corrected chi connectivity index (χ3v) is 4.87. The van der Waals surface area contributed by atoms with E-state index >= 15 is 0 Å². The minimum atomic E-state index is 0.252. The number of nitrogens with two attached hydrogens (primary N) is 1. The number of allylic oxidation sites excluding steroid dienone is 1. The van der Waals surface area contributed by atoms with Crippen molar-refractivity contribution in [2.75, 3.05) is 0 Å². The molecular formula is C18H25N. The lowest BCUT2D eigenvalue weighted by molar-refractivity contribution is 0.537. The van der Waals surface area contributed by atoms with Crippen molar-refractivity contribution >= 4 is 0 Å². The molecule has 0 bridgehead atoms. The van der Waals surface area contributed by atoms with Crippen LogP contribution in [0.15, 0.2) is 35.9 Å². The minimum absolute atomic E-state index is 0.252. The first kappa shape index (κ1) is 12.9. The van der Waals surface area contributed by atoms with Crippen molar-refractivity contribution in [2.24, 2.45) is 5.73 Å². The molecule has 2 N–H and O–H groups in total. The van der Waals surface area contributed by atoms with Crippen molar-refractivity contribution in [1.82, 2.24) is 0 Å². The summed E-state index contributed by atoms with van der Waals surface area (Å²) in [6.45, 7) is 0.